The highest BCUT2D eigenvalue weighted by atomic mass is 32.2. The maximum absolute atomic E-state index is 14.0. The van der Waals surface area contributed by atoms with Gasteiger partial charge in [-0.25, -0.2) is 17.6 Å². The van der Waals surface area contributed by atoms with E-state index in [1.165, 1.54) is 13.2 Å². The highest BCUT2D eigenvalue weighted by molar-refractivity contribution is 7.92. The molecule has 0 fully saturated rings. The van der Waals surface area contributed by atoms with Crippen molar-refractivity contribution in [3.05, 3.63) is 57.9 Å². The summed E-state index contributed by atoms with van der Waals surface area (Å²) in [6, 6.07) is 5.90. The molecule has 0 unspecified atom stereocenters. The average Bonchev–Trinajstić information content (AvgIpc) is 2.60. The lowest BCUT2D eigenvalue weighted by atomic mass is 10.2. The zero-order valence-electron chi connectivity index (χ0n) is 13.6. The summed E-state index contributed by atoms with van der Waals surface area (Å²) in [6.07, 6.45) is 0. The van der Waals surface area contributed by atoms with Crippen molar-refractivity contribution in [2.45, 2.75) is 4.90 Å². The minimum atomic E-state index is -4.52. The molecule has 0 radical (unpaired) electrons. The van der Waals surface area contributed by atoms with Crippen LogP contribution >= 0.6 is 0 Å². The SMILES string of the molecule is COC(=O)c1ccc(F)c(S(=O)(=O)Nc2cc([N+](=O)[O-])ccc2OC)c1. The molecule has 1 N–H and O–H groups in total. The molecule has 0 aliphatic heterocycles. The Balaban J connectivity index is 2.51. The fourth-order valence-corrected chi connectivity index (χ4v) is 3.21. The van der Waals surface area contributed by atoms with Crippen molar-refractivity contribution in [3.63, 3.8) is 0 Å². The van der Waals surface area contributed by atoms with Gasteiger partial charge in [-0.05, 0) is 24.3 Å². The van der Waals surface area contributed by atoms with Gasteiger partial charge in [0.25, 0.3) is 15.7 Å². The van der Waals surface area contributed by atoms with Gasteiger partial charge in [0, 0.05) is 12.1 Å². The number of non-ortho nitro benzene ring substituents is 1. The van der Waals surface area contributed by atoms with Crippen LogP contribution in [-0.4, -0.2) is 33.5 Å². The quantitative estimate of drug-likeness (QED) is 0.460. The largest absolute Gasteiger partial charge is 0.495 e. The summed E-state index contributed by atoms with van der Waals surface area (Å²) in [4.78, 5) is 20.8. The Morgan fingerprint density at radius 3 is 2.46 bits per heavy atom. The number of halogens is 1. The number of hydrogen-bond donors (Lipinski definition) is 1. The van der Waals surface area contributed by atoms with Gasteiger partial charge in [0.15, 0.2) is 0 Å². The van der Waals surface area contributed by atoms with E-state index in [4.69, 9.17) is 4.74 Å². The molecule has 11 heteroatoms. The number of benzene rings is 2. The maximum Gasteiger partial charge on any atom is 0.337 e. The Hall–Kier alpha value is -3.21. The lowest BCUT2D eigenvalue weighted by molar-refractivity contribution is -0.384. The molecule has 2 aromatic rings. The molecule has 0 saturated carbocycles. The summed E-state index contributed by atoms with van der Waals surface area (Å²) in [5.41, 5.74) is -0.836. The van der Waals surface area contributed by atoms with Crippen LogP contribution in [0.4, 0.5) is 15.8 Å². The summed E-state index contributed by atoms with van der Waals surface area (Å²) in [6.45, 7) is 0. The summed E-state index contributed by atoms with van der Waals surface area (Å²) < 4.78 is 50.5. The van der Waals surface area contributed by atoms with Crippen molar-refractivity contribution in [1.82, 2.24) is 0 Å². The number of nitro benzene ring substituents is 1. The van der Waals surface area contributed by atoms with Gasteiger partial charge in [-0.2, -0.15) is 0 Å². The van der Waals surface area contributed by atoms with Gasteiger partial charge in [0.05, 0.1) is 30.4 Å². The van der Waals surface area contributed by atoms with E-state index in [0.29, 0.717) is 0 Å². The number of ether oxygens (including phenoxy) is 2. The predicted molar refractivity (Wildman–Crippen MR) is 88.2 cm³/mol. The van der Waals surface area contributed by atoms with Gasteiger partial charge in [-0.15, -0.1) is 0 Å². The summed E-state index contributed by atoms with van der Waals surface area (Å²) in [7, 11) is -2.20. The van der Waals surface area contributed by atoms with Crippen LogP contribution in [-0.2, 0) is 14.8 Å². The summed E-state index contributed by atoms with van der Waals surface area (Å²) >= 11 is 0. The summed E-state index contributed by atoms with van der Waals surface area (Å²) in [5.74, 6) is -1.98. The predicted octanol–water partition coefficient (Wildman–Crippen LogP) is 2.33. The monoisotopic (exact) mass is 384 g/mol. The van der Waals surface area contributed by atoms with Crippen molar-refractivity contribution >= 4 is 27.4 Å². The molecule has 0 saturated heterocycles. The third-order valence-electron chi connectivity index (χ3n) is 3.28. The zero-order valence-corrected chi connectivity index (χ0v) is 14.4. The van der Waals surface area contributed by atoms with Gasteiger partial charge >= 0.3 is 5.97 Å². The number of hydrogen-bond acceptors (Lipinski definition) is 7. The first kappa shape index (κ1) is 19.1. The fourth-order valence-electron chi connectivity index (χ4n) is 2.04. The van der Waals surface area contributed by atoms with E-state index >= 15 is 0 Å². The van der Waals surface area contributed by atoms with E-state index in [1.54, 1.807) is 0 Å². The Labute approximate surface area is 147 Å². The Kier molecular flexibility index (Phi) is 5.41. The van der Waals surface area contributed by atoms with Crippen LogP contribution in [0.5, 0.6) is 5.75 Å². The molecule has 26 heavy (non-hydrogen) atoms. The molecular weight excluding hydrogens is 371 g/mol. The highest BCUT2D eigenvalue weighted by Crippen LogP contribution is 2.31. The fraction of sp³-hybridized carbons (Fsp3) is 0.133. The maximum atomic E-state index is 14.0. The molecule has 0 heterocycles. The topological polar surface area (TPSA) is 125 Å². The molecule has 2 rings (SSSR count). The lowest BCUT2D eigenvalue weighted by Gasteiger charge is -2.12. The first-order valence-corrected chi connectivity index (χ1v) is 8.41. The van der Waals surface area contributed by atoms with E-state index < -0.39 is 37.3 Å². The standard InChI is InChI=1S/C15H13FN2O7S/c1-24-13-6-4-10(18(20)21)8-12(13)17-26(22,23)14-7-9(15(19)25-2)3-5-11(14)16/h3-8,17H,1-2H3. The van der Waals surface area contributed by atoms with Crippen LogP contribution in [0.1, 0.15) is 10.4 Å². The van der Waals surface area contributed by atoms with Gasteiger partial charge in [-0.3, -0.25) is 14.8 Å². The minimum absolute atomic E-state index is 0.0105. The number of rotatable bonds is 6. The minimum Gasteiger partial charge on any atom is -0.495 e. The molecular formula is C15H13FN2O7S. The van der Waals surface area contributed by atoms with Crippen molar-refractivity contribution < 1.29 is 32.0 Å². The number of carbonyl (C=O) groups excluding carboxylic acids is 1. The van der Waals surface area contributed by atoms with Crippen LogP contribution in [0.3, 0.4) is 0 Å². The molecule has 2 aromatic carbocycles. The number of carbonyl (C=O) groups is 1. The number of sulfonamides is 1. The molecule has 0 bridgehead atoms. The zero-order chi connectivity index (χ0) is 19.5. The first-order valence-electron chi connectivity index (χ1n) is 6.92. The molecule has 0 spiro atoms. The molecule has 138 valence electrons. The number of nitro groups is 1. The van der Waals surface area contributed by atoms with Crippen LogP contribution in [0, 0.1) is 15.9 Å². The van der Waals surface area contributed by atoms with Crippen LogP contribution in [0.15, 0.2) is 41.3 Å². The average molecular weight is 384 g/mol. The summed E-state index contributed by atoms with van der Waals surface area (Å²) in [5, 5.41) is 10.9. The molecule has 0 amide bonds. The van der Waals surface area contributed by atoms with Gasteiger partial charge in [0.2, 0.25) is 0 Å². The number of nitrogens with zero attached hydrogens (tertiary/aromatic N) is 1. The Morgan fingerprint density at radius 2 is 1.88 bits per heavy atom. The van der Waals surface area contributed by atoms with E-state index in [2.05, 4.69) is 4.74 Å². The third-order valence-corrected chi connectivity index (χ3v) is 4.66. The number of esters is 1. The van der Waals surface area contributed by atoms with Crippen molar-refractivity contribution in [2.24, 2.45) is 0 Å². The second kappa shape index (κ2) is 7.35. The van der Waals surface area contributed by atoms with Crippen LogP contribution in [0.2, 0.25) is 0 Å². The Bertz CT molecular complexity index is 976. The first-order chi connectivity index (χ1) is 12.2. The second-order valence-corrected chi connectivity index (χ2v) is 6.53. The van der Waals surface area contributed by atoms with Crippen molar-refractivity contribution in [1.29, 1.82) is 0 Å². The molecule has 0 aliphatic carbocycles. The molecule has 0 aliphatic rings. The Morgan fingerprint density at radius 1 is 1.19 bits per heavy atom. The second-order valence-electron chi connectivity index (χ2n) is 4.88. The number of methoxy groups -OCH3 is 2. The lowest BCUT2D eigenvalue weighted by Crippen LogP contribution is -2.16. The smallest absolute Gasteiger partial charge is 0.337 e. The normalized spacial score (nSPS) is 10.9. The van der Waals surface area contributed by atoms with E-state index in [0.717, 1.165) is 37.4 Å². The van der Waals surface area contributed by atoms with Crippen LogP contribution < -0.4 is 9.46 Å². The highest BCUT2D eigenvalue weighted by Gasteiger charge is 2.24. The molecule has 0 atom stereocenters. The van der Waals surface area contributed by atoms with E-state index in [1.807, 2.05) is 4.72 Å². The van der Waals surface area contributed by atoms with Gasteiger partial charge in [0.1, 0.15) is 16.5 Å². The van der Waals surface area contributed by atoms with Crippen molar-refractivity contribution in [2.75, 3.05) is 18.9 Å². The van der Waals surface area contributed by atoms with Crippen molar-refractivity contribution in [3.8, 4) is 5.75 Å². The molecule has 9 nitrogen and oxygen atoms in total. The number of nitrogens with one attached hydrogen (secondary N) is 1. The van der Waals surface area contributed by atoms with E-state index in [-0.39, 0.29) is 17.0 Å². The molecule has 0 aromatic heterocycles. The van der Waals surface area contributed by atoms with Crippen LogP contribution in [0.25, 0.3) is 0 Å². The van der Waals surface area contributed by atoms with Gasteiger partial charge < -0.3 is 9.47 Å². The van der Waals surface area contributed by atoms with E-state index in [9.17, 15) is 27.7 Å². The third kappa shape index (κ3) is 3.88. The number of anilines is 1. The van der Waals surface area contributed by atoms with Gasteiger partial charge in [-0.1, -0.05) is 0 Å².